The lowest BCUT2D eigenvalue weighted by Gasteiger charge is -2.21. The van der Waals surface area contributed by atoms with Crippen LogP contribution in [0.1, 0.15) is 26.3 Å². The molecule has 1 heterocycles. The summed E-state index contributed by atoms with van der Waals surface area (Å²) < 4.78 is 5.72. The van der Waals surface area contributed by atoms with Gasteiger partial charge in [-0.1, -0.05) is 12.1 Å². The molecule has 0 radical (unpaired) electrons. The normalized spacial score (nSPS) is 19.0. The molecule has 0 aliphatic carbocycles. The zero-order chi connectivity index (χ0) is 14.0. The predicted molar refractivity (Wildman–Crippen MR) is 71.0 cm³/mol. The third kappa shape index (κ3) is 3.71. The Bertz CT molecular complexity index is 488. The largest absolute Gasteiger partial charge is 0.488 e. The number of carbonyl (C=O) groups is 2. The third-order valence-corrected chi connectivity index (χ3v) is 2.65. The van der Waals surface area contributed by atoms with Gasteiger partial charge in [0.05, 0.1) is 0 Å². The van der Waals surface area contributed by atoms with Crippen molar-refractivity contribution < 1.29 is 14.3 Å². The molecule has 1 fully saturated rings. The highest BCUT2D eigenvalue weighted by Gasteiger charge is 2.29. The molecule has 2 rings (SSSR count). The first-order chi connectivity index (χ1) is 8.83. The predicted octanol–water partition coefficient (Wildman–Crippen LogP) is 1.61. The lowest BCUT2D eigenvalue weighted by molar-refractivity contribution is -0.120. The highest BCUT2D eigenvalue weighted by molar-refractivity contribution is 6.04. The molecule has 1 aromatic rings. The topological polar surface area (TPSA) is 67.4 Å². The van der Waals surface area contributed by atoms with Gasteiger partial charge in [0.1, 0.15) is 17.4 Å². The van der Waals surface area contributed by atoms with E-state index in [-0.39, 0.29) is 11.5 Å². The maximum absolute atomic E-state index is 11.4. The van der Waals surface area contributed by atoms with Gasteiger partial charge >= 0.3 is 6.03 Å². The van der Waals surface area contributed by atoms with Gasteiger partial charge in [-0.3, -0.25) is 10.1 Å². The molecular weight excluding hydrogens is 244 g/mol. The molecule has 3 amide bonds. The second-order valence-corrected chi connectivity index (χ2v) is 5.58. The fourth-order valence-corrected chi connectivity index (χ4v) is 1.89. The summed E-state index contributed by atoms with van der Waals surface area (Å²) in [5.74, 6) is 0.510. The molecule has 0 aromatic heterocycles. The summed E-state index contributed by atoms with van der Waals surface area (Å²) >= 11 is 0. The first-order valence-electron chi connectivity index (χ1n) is 6.23. The number of ether oxygens (including phenoxy) is 1. The van der Waals surface area contributed by atoms with Crippen molar-refractivity contribution in [3.8, 4) is 5.75 Å². The number of carbonyl (C=O) groups excluding carboxylic acids is 2. The molecule has 0 bridgehead atoms. The molecule has 0 unspecified atom stereocenters. The number of amides is 3. The van der Waals surface area contributed by atoms with Gasteiger partial charge in [0.2, 0.25) is 0 Å². The molecule has 2 N–H and O–H groups in total. The van der Waals surface area contributed by atoms with Crippen LogP contribution in [0.25, 0.3) is 0 Å². The Morgan fingerprint density at radius 2 is 1.79 bits per heavy atom. The van der Waals surface area contributed by atoms with E-state index in [1.54, 1.807) is 0 Å². The number of urea groups is 1. The molecule has 1 atom stereocenters. The van der Waals surface area contributed by atoms with Gasteiger partial charge in [-0.05, 0) is 38.5 Å². The molecule has 1 aromatic carbocycles. The highest BCUT2D eigenvalue weighted by Crippen LogP contribution is 2.19. The SMILES string of the molecule is CC(C)(C)Oc1ccc(C[C@@H]2NC(=O)NC2=O)cc1. The van der Waals surface area contributed by atoms with Crippen LogP contribution in [0, 0.1) is 0 Å². The zero-order valence-corrected chi connectivity index (χ0v) is 11.3. The van der Waals surface area contributed by atoms with E-state index in [9.17, 15) is 9.59 Å². The van der Waals surface area contributed by atoms with Crippen LogP contribution in [-0.2, 0) is 11.2 Å². The van der Waals surface area contributed by atoms with E-state index < -0.39 is 12.1 Å². The van der Waals surface area contributed by atoms with E-state index in [0.717, 1.165) is 11.3 Å². The summed E-state index contributed by atoms with van der Waals surface area (Å²) in [4.78, 5) is 22.4. The van der Waals surface area contributed by atoms with Crippen molar-refractivity contribution in [3.63, 3.8) is 0 Å². The first-order valence-corrected chi connectivity index (χ1v) is 6.23. The van der Waals surface area contributed by atoms with Crippen LogP contribution in [0.15, 0.2) is 24.3 Å². The monoisotopic (exact) mass is 262 g/mol. The summed E-state index contributed by atoms with van der Waals surface area (Å²) in [5, 5.41) is 4.79. The van der Waals surface area contributed by atoms with Crippen LogP contribution in [0.3, 0.4) is 0 Å². The highest BCUT2D eigenvalue weighted by atomic mass is 16.5. The minimum atomic E-state index is -0.484. The maximum atomic E-state index is 11.4. The van der Waals surface area contributed by atoms with Crippen LogP contribution < -0.4 is 15.4 Å². The van der Waals surface area contributed by atoms with Gasteiger partial charge in [-0.15, -0.1) is 0 Å². The molecule has 1 aliphatic heterocycles. The summed E-state index contributed by atoms with van der Waals surface area (Å²) in [6.07, 6.45) is 0.480. The lowest BCUT2D eigenvalue weighted by Crippen LogP contribution is -2.31. The summed E-state index contributed by atoms with van der Waals surface area (Å²) in [6.45, 7) is 5.96. The number of nitrogens with one attached hydrogen (secondary N) is 2. The van der Waals surface area contributed by atoms with E-state index >= 15 is 0 Å². The van der Waals surface area contributed by atoms with Gasteiger partial charge in [0.25, 0.3) is 5.91 Å². The van der Waals surface area contributed by atoms with Gasteiger partial charge in [0, 0.05) is 6.42 Å². The molecule has 0 saturated carbocycles. The van der Waals surface area contributed by atoms with E-state index in [1.807, 2.05) is 45.0 Å². The molecule has 1 aliphatic rings. The van der Waals surface area contributed by atoms with E-state index in [4.69, 9.17) is 4.74 Å². The Balaban J connectivity index is 1.99. The van der Waals surface area contributed by atoms with Crippen LogP contribution in [0.2, 0.25) is 0 Å². The average molecular weight is 262 g/mol. The summed E-state index contributed by atoms with van der Waals surface area (Å²) in [5.41, 5.74) is 0.740. The summed E-state index contributed by atoms with van der Waals surface area (Å²) in [6, 6.07) is 6.63. The van der Waals surface area contributed by atoms with Crippen LogP contribution in [0.5, 0.6) is 5.75 Å². The number of hydrogen-bond donors (Lipinski definition) is 2. The number of hydrogen-bond acceptors (Lipinski definition) is 3. The van der Waals surface area contributed by atoms with Crippen molar-refractivity contribution in [2.24, 2.45) is 0 Å². The van der Waals surface area contributed by atoms with Gasteiger partial charge in [-0.25, -0.2) is 4.79 Å². The van der Waals surface area contributed by atoms with Crippen LogP contribution in [-0.4, -0.2) is 23.6 Å². The van der Waals surface area contributed by atoms with Crippen molar-refractivity contribution in [3.05, 3.63) is 29.8 Å². The summed E-state index contributed by atoms with van der Waals surface area (Å²) in [7, 11) is 0. The fraction of sp³-hybridized carbons (Fsp3) is 0.429. The van der Waals surface area contributed by atoms with Crippen LogP contribution >= 0.6 is 0 Å². The number of imide groups is 1. The molecule has 1 saturated heterocycles. The Labute approximate surface area is 112 Å². The quantitative estimate of drug-likeness (QED) is 0.813. The molecule has 5 heteroatoms. The minimum Gasteiger partial charge on any atom is -0.488 e. The third-order valence-electron chi connectivity index (χ3n) is 2.65. The first kappa shape index (κ1) is 13.4. The van der Waals surface area contributed by atoms with Gasteiger partial charge < -0.3 is 10.1 Å². The fourth-order valence-electron chi connectivity index (χ4n) is 1.89. The van der Waals surface area contributed by atoms with Crippen molar-refractivity contribution >= 4 is 11.9 Å². The van der Waals surface area contributed by atoms with E-state index in [1.165, 1.54) is 0 Å². The standard InChI is InChI=1S/C14H18N2O3/c1-14(2,3)19-10-6-4-9(5-7-10)8-11-12(17)16-13(18)15-11/h4-7,11H,8H2,1-3H3,(H2,15,16,17,18)/t11-/m0/s1. The van der Waals surface area contributed by atoms with Crippen molar-refractivity contribution in [2.45, 2.75) is 38.8 Å². The Morgan fingerprint density at radius 1 is 1.16 bits per heavy atom. The Hall–Kier alpha value is -2.04. The molecule has 102 valence electrons. The average Bonchev–Trinajstić information content (AvgIpc) is 2.58. The van der Waals surface area contributed by atoms with E-state index in [2.05, 4.69) is 10.6 Å². The lowest BCUT2D eigenvalue weighted by atomic mass is 10.1. The van der Waals surface area contributed by atoms with Crippen molar-refractivity contribution in [1.29, 1.82) is 0 Å². The smallest absolute Gasteiger partial charge is 0.322 e. The minimum absolute atomic E-state index is 0.235. The number of benzene rings is 1. The second-order valence-electron chi connectivity index (χ2n) is 5.58. The maximum Gasteiger partial charge on any atom is 0.322 e. The molecule has 5 nitrogen and oxygen atoms in total. The second kappa shape index (κ2) is 4.91. The van der Waals surface area contributed by atoms with Crippen LogP contribution in [0.4, 0.5) is 4.79 Å². The van der Waals surface area contributed by atoms with E-state index in [0.29, 0.717) is 6.42 Å². The zero-order valence-electron chi connectivity index (χ0n) is 11.3. The molecule has 0 spiro atoms. The van der Waals surface area contributed by atoms with Gasteiger partial charge in [-0.2, -0.15) is 0 Å². The van der Waals surface area contributed by atoms with Crippen molar-refractivity contribution in [1.82, 2.24) is 10.6 Å². The van der Waals surface area contributed by atoms with Gasteiger partial charge in [0.15, 0.2) is 0 Å². The Kier molecular flexibility index (Phi) is 3.46. The molecular formula is C14H18N2O3. The number of rotatable bonds is 3. The molecule has 19 heavy (non-hydrogen) atoms. The Morgan fingerprint density at radius 3 is 2.26 bits per heavy atom. The van der Waals surface area contributed by atoms with Crippen molar-refractivity contribution in [2.75, 3.05) is 0 Å².